The molecule has 0 aliphatic heterocycles. The third kappa shape index (κ3) is 85.6. The summed E-state index contributed by atoms with van der Waals surface area (Å²) in [6, 6.07) is 0. The van der Waals surface area contributed by atoms with Crippen LogP contribution in [0.15, 0.2) is 170 Å². The number of hydrogen-bond donors (Lipinski definition) is 4. The van der Waals surface area contributed by atoms with Gasteiger partial charge in [0.05, 0.1) is 26.4 Å². The minimum absolute atomic E-state index is 0.0717. The lowest BCUT2D eigenvalue weighted by atomic mass is 10.0. The van der Waals surface area contributed by atoms with Gasteiger partial charge in [0, 0.05) is 19.3 Å². The normalized spacial score (nSPS) is 14.7. The maximum Gasteiger partial charge on any atom is 0.472 e. The molecule has 18 heteroatoms. The van der Waals surface area contributed by atoms with Gasteiger partial charge in [-0.2, -0.15) is 0 Å². The molecule has 0 aromatic rings. The van der Waals surface area contributed by atoms with Gasteiger partial charge in [-0.1, -0.05) is 339 Å². The molecule has 4 N–H and O–H groups in total. The van der Waals surface area contributed by atoms with E-state index in [1.54, 1.807) is 0 Å². The smallest absolute Gasteiger partial charge is 0.463 e. The molecule has 5 atom stereocenters. The Bertz CT molecular complexity index is 2700. The van der Waals surface area contributed by atoms with Crippen LogP contribution in [0.5, 0.6) is 0 Å². The molecule has 0 aromatic carbocycles. The summed E-state index contributed by atoms with van der Waals surface area (Å²) in [4.78, 5) is 58.9. The van der Waals surface area contributed by atoms with Gasteiger partial charge in [-0.05, 0) is 154 Å². The number of aliphatic hydroxyl groups excluding tert-OH is 2. The maximum atomic E-state index is 13.0. The Morgan fingerprint density at radius 1 is 0.261 bits per heavy atom. The largest absolute Gasteiger partial charge is 0.472 e. The molecule has 0 aromatic heterocycles. The lowest BCUT2D eigenvalue weighted by molar-refractivity contribution is -0.161. The number of ether oxygens (including phenoxy) is 3. The third-order valence-electron chi connectivity index (χ3n) is 17.9. The number of carbonyl (C=O) groups is 3. The number of allylic oxidation sites excluding steroid dienone is 28. The van der Waals surface area contributed by atoms with Crippen LogP contribution in [0.1, 0.15) is 342 Å². The Hall–Kier alpha value is -5.09. The van der Waals surface area contributed by atoms with E-state index in [9.17, 15) is 43.5 Å². The van der Waals surface area contributed by atoms with Gasteiger partial charge in [0.2, 0.25) is 0 Å². The van der Waals surface area contributed by atoms with Crippen molar-refractivity contribution < 1.29 is 75.8 Å². The number of phosphoric ester groups is 2. The van der Waals surface area contributed by atoms with E-state index in [0.29, 0.717) is 19.3 Å². The van der Waals surface area contributed by atoms with Gasteiger partial charge in [-0.3, -0.25) is 32.5 Å². The van der Waals surface area contributed by atoms with Crippen LogP contribution in [0, 0.1) is 0 Å². The number of rotatable bonds is 81. The second-order valence-corrected chi connectivity index (χ2v) is 31.5. The van der Waals surface area contributed by atoms with E-state index in [1.165, 1.54) is 116 Å². The molecule has 0 radical (unpaired) electrons. The van der Waals surface area contributed by atoms with Crippen LogP contribution in [0.3, 0.4) is 0 Å². The SMILES string of the molecule is CC/C=C\C/C=C\C/C=C\C/C=C\C/C=C\CCCCCCCC(=O)OCC(COP(=O)(O)OCC(O)COP(=O)(O)OCC(O)COC(=O)CCCCCCCCCCCCCCCCCCC/C=C\C/C=C\C/C=C\C/C=C\CCCCC)OC(=O)CCCCCCC/C=C\C/C=C\C/C=C\C/C=C\C/C=C\CC. The van der Waals surface area contributed by atoms with E-state index >= 15 is 0 Å². The molecule has 634 valence electrons. The molecule has 5 unspecified atom stereocenters. The third-order valence-corrected chi connectivity index (χ3v) is 19.8. The summed E-state index contributed by atoms with van der Waals surface area (Å²) in [5.41, 5.74) is 0. The number of carbonyl (C=O) groups excluding carboxylic acids is 3. The summed E-state index contributed by atoms with van der Waals surface area (Å²) in [6.07, 6.45) is 108. The van der Waals surface area contributed by atoms with Crippen LogP contribution in [0.4, 0.5) is 0 Å². The highest BCUT2D eigenvalue weighted by Crippen LogP contribution is 2.45. The number of unbranched alkanes of at least 4 members (excludes halogenated alkanes) is 30. The molecule has 0 saturated carbocycles. The number of phosphoric acid groups is 2. The van der Waals surface area contributed by atoms with Gasteiger partial charge in [0.25, 0.3) is 0 Å². The van der Waals surface area contributed by atoms with Crippen molar-refractivity contribution in [3.8, 4) is 0 Å². The van der Waals surface area contributed by atoms with E-state index in [0.717, 1.165) is 167 Å². The average molecular weight is 1590 g/mol. The molecule has 0 aliphatic rings. The van der Waals surface area contributed by atoms with Crippen LogP contribution in [-0.4, -0.2) is 95.9 Å². The quantitative estimate of drug-likeness (QED) is 0.0146. The molecular formula is C93H156O16P2. The highest BCUT2D eigenvalue weighted by atomic mass is 31.2. The molecule has 0 heterocycles. The Morgan fingerprint density at radius 2 is 0.477 bits per heavy atom. The summed E-state index contributed by atoms with van der Waals surface area (Å²) < 4.78 is 61.3. The maximum absolute atomic E-state index is 13.0. The van der Waals surface area contributed by atoms with E-state index in [2.05, 4.69) is 191 Å². The molecule has 0 amide bonds. The molecular weight excluding hydrogens is 1430 g/mol. The van der Waals surface area contributed by atoms with Crippen LogP contribution < -0.4 is 0 Å². The minimum atomic E-state index is -4.95. The van der Waals surface area contributed by atoms with Gasteiger partial charge in [0.1, 0.15) is 25.4 Å². The standard InChI is InChI=1S/C93H156O16P2/c1-4-7-10-13-16-19-22-25-28-31-34-37-38-39-40-41-42-43-44-45-46-47-48-51-53-55-58-61-64-67-70-73-76-79-91(96)103-82-88(94)83-105-110(99,100)106-84-89(95)85-107-111(101,102)108-87-90(109-93(98)81-78-75-72-69-66-63-60-57-54-50-36-33-30-27-24-21-18-15-12-9-6-3)86-104-92(97)80-77-74-71-68-65-62-59-56-52-49-35-32-29-26-23-20-17-14-11-8-5-2/h8-9,11-12,16-21,25-30,34-37,39-40,49-50,56-57,59-60,88-90,94-95H,4-7,10,13-15,22-24,31-33,38,41-48,51-55,58,61-87H2,1-3H3,(H,99,100)(H,101,102)/b11-8-,12-9-,19-16-,20-17-,21-18-,28-25-,29-26-,30-27-,37-34-,40-39-,49-35-,50-36-,59-56-,60-57-. The Labute approximate surface area is 675 Å². The average Bonchev–Trinajstić information content (AvgIpc) is 0.902. The Balaban J connectivity index is 4.57. The summed E-state index contributed by atoms with van der Waals surface area (Å²) in [6.45, 7) is 2.40. The molecule has 0 rings (SSSR count). The second kappa shape index (κ2) is 84.3. The fourth-order valence-electron chi connectivity index (χ4n) is 11.4. The fraction of sp³-hybridized carbons (Fsp3) is 0.667. The monoisotopic (exact) mass is 1590 g/mol. The van der Waals surface area contributed by atoms with E-state index in [1.807, 2.05) is 0 Å². The van der Waals surface area contributed by atoms with Crippen molar-refractivity contribution in [1.29, 1.82) is 0 Å². The molecule has 16 nitrogen and oxygen atoms in total. The highest BCUT2D eigenvalue weighted by molar-refractivity contribution is 7.47. The lowest BCUT2D eigenvalue weighted by Gasteiger charge is -2.21. The summed E-state index contributed by atoms with van der Waals surface area (Å²) in [7, 11) is -9.82. The highest BCUT2D eigenvalue weighted by Gasteiger charge is 2.29. The summed E-state index contributed by atoms with van der Waals surface area (Å²) in [5, 5.41) is 20.7. The van der Waals surface area contributed by atoms with Crippen molar-refractivity contribution in [3.63, 3.8) is 0 Å². The molecule has 0 fully saturated rings. The topological polar surface area (TPSA) is 231 Å². The van der Waals surface area contributed by atoms with Crippen molar-refractivity contribution in [2.24, 2.45) is 0 Å². The van der Waals surface area contributed by atoms with Crippen LogP contribution in [-0.2, 0) is 55.8 Å². The van der Waals surface area contributed by atoms with Crippen molar-refractivity contribution >= 4 is 33.6 Å². The van der Waals surface area contributed by atoms with Gasteiger partial charge < -0.3 is 34.2 Å². The molecule has 111 heavy (non-hydrogen) atoms. The van der Waals surface area contributed by atoms with Gasteiger partial charge in [0.15, 0.2) is 6.10 Å². The predicted octanol–water partition coefficient (Wildman–Crippen LogP) is 26.3. The lowest BCUT2D eigenvalue weighted by Crippen LogP contribution is -2.30. The zero-order chi connectivity index (χ0) is 80.8. The predicted molar refractivity (Wildman–Crippen MR) is 463 cm³/mol. The van der Waals surface area contributed by atoms with E-state index < -0.39 is 91.5 Å². The first-order chi connectivity index (χ1) is 54.2. The summed E-state index contributed by atoms with van der Waals surface area (Å²) in [5.74, 6) is -1.62. The van der Waals surface area contributed by atoms with Crippen LogP contribution in [0.2, 0.25) is 0 Å². The number of hydrogen-bond acceptors (Lipinski definition) is 14. The minimum Gasteiger partial charge on any atom is -0.463 e. The van der Waals surface area contributed by atoms with Crippen molar-refractivity contribution in [2.75, 3.05) is 39.6 Å². The van der Waals surface area contributed by atoms with E-state index in [-0.39, 0.29) is 19.3 Å². The first-order valence-electron chi connectivity index (χ1n) is 43.4. The number of esters is 3. The Kier molecular flexibility index (Phi) is 80.4. The zero-order valence-electron chi connectivity index (χ0n) is 69.6. The van der Waals surface area contributed by atoms with Crippen LogP contribution in [0.25, 0.3) is 0 Å². The second-order valence-electron chi connectivity index (χ2n) is 28.6. The molecule has 0 bridgehead atoms. The zero-order valence-corrected chi connectivity index (χ0v) is 71.4. The molecule has 0 aliphatic carbocycles. The number of aliphatic hydroxyl groups is 2. The van der Waals surface area contributed by atoms with Gasteiger partial charge >= 0.3 is 33.6 Å². The van der Waals surface area contributed by atoms with Crippen molar-refractivity contribution in [3.05, 3.63) is 170 Å². The fourth-order valence-corrected chi connectivity index (χ4v) is 13.0. The first kappa shape index (κ1) is 106. The first-order valence-corrected chi connectivity index (χ1v) is 46.4. The van der Waals surface area contributed by atoms with Gasteiger partial charge in [-0.15, -0.1) is 0 Å². The Morgan fingerprint density at radius 3 is 0.757 bits per heavy atom. The van der Waals surface area contributed by atoms with E-state index in [4.69, 9.17) is 32.3 Å². The van der Waals surface area contributed by atoms with Crippen LogP contribution >= 0.6 is 15.6 Å². The molecule has 0 spiro atoms. The summed E-state index contributed by atoms with van der Waals surface area (Å²) >= 11 is 0. The molecule has 0 saturated heterocycles. The van der Waals surface area contributed by atoms with Crippen molar-refractivity contribution in [1.82, 2.24) is 0 Å². The van der Waals surface area contributed by atoms with Crippen molar-refractivity contribution in [2.45, 2.75) is 360 Å². The van der Waals surface area contributed by atoms with Gasteiger partial charge in [-0.25, -0.2) is 9.13 Å².